The molecule has 0 spiro atoms. The number of nitrogens with two attached hydrogens (primary N) is 1. The van der Waals surface area contributed by atoms with Crippen molar-refractivity contribution >= 4 is 12.4 Å². The molecule has 0 heterocycles. The third kappa shape index (κ3) is 3.66. The van der Waals surface area contributed by atoms with Crippen LogP contribution in [0.2, 0.25) is 0 Å². The van der Waals surface area contributed by atoms with E-state index in [1.165, 1.54) is 19.2 Å². The van der Waals surface area contributed by atoms with Crippen molar-refractivity contribution in [3.8, 4) is 5.75 Å². The van der Waals surface area contributed by atoms with E-state index in [1.807, 2.05) is 0 Å². The van der Waals surface area contributed by atoms with Crippen LogP contribution in [-0.2, 0) is 0 Å². The first kappa shape index (κ1) is 14.2. The minimum Gasteiger partial charge on any atom is -0.497 e. The summed E-state index contributed by atoms with van der Waals surface area (Å²) in [6.45, 7) is 1.56. The number of aliphatic hydroxyl groups excluding tert-OH is 1. The molecule has 3 N–H and O–H groups in total. The van der Waals surface area contributed by atoms with E-state index >= 15 is 0 Å². The summed E-state index contributed by atoms with van der Waals surface area (Å²) in [5, 5.41) is 9.24. The van der Waals surface area contributed by atoms with Gasteiger partial charge >= 0.3 is 0 Å². The van der Waals surface area contributed by atoms with Crippen LogP contribution in [0.5, 0.6) is 5.75 Å². The van der Waals surface area contributed by atoms with Crippen LogP contribution in [-0.4, -0.2) is 18.3 Å². The van der Waals surface area contributed by atoms with E-state index in [9.17, 15) is 9.50 Å². The Kier molecular flexibility index (Phi) is 5.57. The Morgan fingerprint density at radius 2 is 2.00 bits per heavy atom. The maximum Gasteiger partial charge on any atom is 0.127 e. The molecule has 0 saturated carbocycles. The molecule has 0 amide bonds. The minimum atomic E-state index is -0.721. The van der Waals surface area contributed by atoms with Gasteiger partial charge in [-0.2, -0.15) is 0 Å². The lowest BCUT2D eigenvalue weighted by atomic mass is 10.0. The molecule has 2 atom stereocenters. The quantitative estimate of drug-likeness (QED) is 0.838. The Balaban J connectivity index is 0.00000196. The zero-order valence-corrected chi connectivity index (χ0v) is 9.42. The average Bonchev–Trinajstić information content (AvgIpc) is 2.15. The zero-order chi connectivity index (χ0) is 10.7. The van der Waals surface area contributed by atoms with Crippen molar-refractivity contribution in [3.63, 3.8) is 0 Å². The molecular formula is C10H15ClFNO2. The molecule has 5 heteroatoms. The maximum atomic E-state index is 13.0. The zero-order valence-electron chi connectivity index (χ0n) is 8.61. The highest BCUT2D eigenvalue weighted by Gasteiger charge is 2.13. The Morgan fingerprint density at radius 1 is 1.40 bits per heavy atom. The number of hydrogen-bond donors (Lipinski definition) is 2. The average molecular weight is 236 g/mol. The van der Waals surface area contributed by atoms with E-state index in [4.69, 9.17) is 10.5 Å². The number of methoxy groups -OCH3 is 1. The van der Waals surface area contributed by atoms with Crippen molar-refractivity contribution in [2.24, 2.45) is 5.73 Å². The molecule has 0 aliphatic carbocycles. The van der Waals surface area contributed by atoms with E-state index < -0.39 is 18.0 Å². The second-order valence-corrected chi connectivity index (χ2v) is 3.19. The van der Waals surface area contributed by atoms with Crippen LogP contribution in [0.1, 0.15) is 18.5 Å². The summed E-state index contributed by atoms with van der Waals surface area (Å²) in [7, 11) is 1.45. The fraction of sp³-hybridized carbons (Fsp3) is 0.400. The second-order valence-electron chi connectivity index (χ2n) is 3.19. The third-order valence-electron chi connectivity index (χ3n) is 2.03. The largest absolute Gasteiger partial charge is 0.497 e. The first-order valence-corrected chi connectivity index (χ1v) is 4.32. The van der Waals surface area contributed by atoms with Crippen LogP contribution in [0, 0.1) is 5.82 Å². The van der Waals surface area contributed by atoms with Gasteiger partial charge in [0.15, 0.2) is 0 Å². The topological polar surface area (TPSA) is 55.5 Å². The van der Waals surface area contributed by atoms with E-state index in [2.05, 4.69) is 0 Å². The highest BCUT2D eigenvalue weighted by Crippen LogP contribution is 2.21. The van der Waals surface area contributed by atoms with Gasteiger partial charge in [-0.15, -0.1) is 12.4 Å². The second kappa shape index (κ2) is 5.90. The molecule has 0 aliphatic rings. The lowest BCUT2D eigenvalue weighted by molar-refractivity contribution is 0.164. The lowest BCUT2D eigenvalue weighted by Gasteiger charge is -2.15. The monoisotopic (exact) mass is 235 g/mol. The molecular weight excluding hydrogens is 221 g/mol. The number of rotatable bonds is 3. The van der Waals surface area contributed by atoms with Crippen molar-refractivity contribution in [2.75, 3.05) is 7.11 Å². The maximum absolute atomic E-state index is 13.0. The SMILES string of the molecule is COc1cc(F)cc([C@H](N)[C@H](C)O)c1.Cl. The van der Waals surface area contributed by atoms with Gasteiger partial charge in [-0.25, -0.2) is 4.39 Å². The molecule has 1 rings (SSSR count). The van der Waals surface area contributed by atoms with Gasteiger partial charge in [-0.05, 0) is 24.6 Å². The first-order chi connectivity index (χ1) is 6.54. The van der Waals surface area contributed by atoms with Crippen LogP contribution in [0.3, 0.4) is 0 Å². The molecule has 1 aromatic rings. The van der Waals surface area contributed by atoms with E-state index in [0.717, 1.165) is 0 Å². The van der Waals surface area contributed by atoms with Crippen molar-refractivity contribution in [1.82, 2.24) is 0 Å². The fourth-order valence-electron chi connectivity index (χ4n) is 1.17. The molecule has 0 unspecified atom stereocenters. The van der Waals surface area contributed by atoms with Crippen molar-refractivity contribution < 1.29 is 14.2 Å². The molecule has 86 valence electrons. The Morgan fingerprint density at radius 3 is 2.47 bits per heavy atom. The predicted octanol–water partition coefficient (Wildman–Crippen LogP) is 1.64. The van der Waals surface area contributed by atoms with E-state index in [1.54, 1.807) is 13.0 Å². The van der Waals surface area contributed by atoms with Gasteiger partial charge in [0.25, 0.3) is 0 Å². The minimum absolute atomic E-state index is 0. The van der Waals surface area contributed by atoms with Crippen LogP contribution >= 0.6 is 12.4 Å². The Bertz CT molecular complexity index is 320. The molecule has 3 nitrogen and oxygen atoms in total. The van der Waals surface area contributed by atoms with Crippen molar-refractivity contribution in [3.05, 3.63) is 29.6 Å². The van der Waals surface area contributed by atoms with Gasteiger partial charge in [0.05, 0.1) is 19.3 Å². The molecule has 1 aromatic carbocycles. The molecule has 0 fully saturated rings. The summed E-state index contributed by atoms with van der Waals surface area (Å²) in [6, 6.07) is 3.57. The molecule has 15 heavy (non-hydrogen) atoms. The van der Waals surface area contributed by atoms with Gasteiger partial charge in [-0.3, -0.25) is 0 Å². The normalized spacial score (nSPS) is 13.9. The predicted molar refractivity (Wildman–Crippen MR) is 58.8 cm³/mol. The number of hydrogen-bond acceptors (Lipinski definition) is 3. The summed E-state index contributed by atoms with van der Waals surface area (Å²) in [6.07, 6.45) is -0.721. The Hall–Kier alpha value is -0.840. The summed E-state index contributed by atoms with van der Waals surface area (Å²) < 4.78 is 17.9. The first-order valence-electron chi connectivity index (χ1n) is 4.32. The van der Waals surface area contributed by atoms with Crippen LogP contribution in [0.15, 0.2) is 18.2 Å². The van der Waals surface area contributed by atoms with Gasteiger partial charge in [-0.1, -0.05) is 0 Å². The lowest BCUT2D eigenvalue weighted by Crippen LogP contribution is -2.23. The smallest absolute Gasteiger partial charge is 0.127 e. The van der Waals surface area contributed by atoms with Gasteiger partial charge in [0.1, 0.15) is 11.6 Å². The van der Waals surface area contributed by atoms with Gasteiger partial charge < -0.3 is 15.6 Å². The number of benzene rings is 1. The van der Waals surface area contributed by atoms with Crippen LogP contribution in [0.25, 0.3) is 0 Å². The number of aliphatic hydroxyl groups is 1. The number of halogens is 2. The van der Waals surface area contributed by atoms with Crippen LogP contribution in [0.4, 0.5) is 4.39 Å². The Labute approximate surface area is 94.5 Å². The molecule has 0 saturated heterocycles. The summed E-state index contributed by atoms with van der Waals surface area (Å²) in [5.41, 5.74) is 6.18. The van der Waals surface area contributed by atoms with E-state index in [-0.39, 0.29) is 12.4 Å². The van der Waals surface area contributed by atoms with Crippen molar-refractivity contribution in [1.29, 1.82) is 0 Å². The molecule has 0 aliphatic heterocycles. The highest BCUT2D eigenvalue weighted by atomic mass is 35.5. The summed E-state index contributed by atoms with van der Waals surface area (Å²) in [5.74, 6) is -0.0217. The fourth-order valence-corrected chi connectivity index (χ4v) is 1.17. The molecule has 0 aromatic heterocycles. The van der Waals surface area contributed by atoms with Crippen LogP contribution < -0.4 is 10.5 Å². The summed E-state index contributed by atoms with van der Waals surface area (Å²) in [4.78, 5) is 0. The van der Waals surface area contributed by atoms with E-state index in [0.29, 0.717) is 11.3 Å². The van der Waals surface area contributed by atoms with Crippen molar-refractivity contribution in [2.45, 2.75) is 19.1 Å². The summed E-state index contributed by atoms with van der Waals surface area (Å²) >= 11 is 0. The van der Waals surface area contributed by atoms with Gasteiger partial charge in [0, 0.05) is 6.07 Å². The third-order valence-corrected chi connectivity index (χ3v) is 2.03. The molecule has 0 radical (unpaired) electrons. The standard InChI is InChI=1S/C10H14FNO2.ClH/c1-6(13)10(12)7-3-8(11)5-9(4-7)14-2;/h3-6,10,13H,12H2,1-2H3;1H/t6-,10+;/m0./s1. The van der Waals surface area contributed by atoms with Gasteiger partial charge in [0.2, 0.25) is 0 Å². The molecule has 0 bridgehead atoms. The number of ether oxygens (including phenoxy) is 1. The highest BCUT2D eigenvalue weighted by molar-refractivity contribution is 5.85.